The lowest BCUT2D eigenvalue weighted by Gasteiger charge is -2.26. The van der Waals surface area contributed by atoms with Crippen molar-refractivity contribution in [1.29, 1.82) is 0 Å². The third-order valence-corrected chi connectivity index (χ3v) is 8.41. The van der Waals surface area contributed by atoms with Crippen molar-refractivity contribution in [3.63, 3.8) is 0 Å². The molecule has 0 saturated heterocycles. The molecule has 0 amide bonds. The summed E-state index contributed by atoms with van der Waals surface area (Å²) in [6, 6.07) is 9.05. The summed E-state index contributed by atoms with van der Waals surface area (Å²) >= 11 is 14.2. The first-order chi connectivity index (χ1) is 17.4. The topological polar surface area (TPSA) is 115 Å². The van der Waals surface area contributed by atoms with E-state index in [0.29, 0.717) is 55.1 Å². The minimum Gasteiger partial charge on any atom is -0.327 e. The van der Waals surface area contributed by atoms with Crippen molar-refractivity contribution in [3.05, 3.63) is 61.1 Å². The summed E-state index contributed by atoms with van der Waals surface area (Å²) in [5.74, 6) is 1.21. The maximum atomic E-state index is 13.3. The van der Waals surface area contributed by atoms with Crippen molar-refractivity contribution in [1.82, 2.24) is 24.5 Å². The monoisotopic (exact) mass is 539 g/mol. The van der Waals surface area contributed by atoms with Crippen LogP contribution in [0.5, 0.6) is 0 Å². The normalized spacial score (nSPS) is 18.2. The fourth-order valence-electron chi connectivity index (χ4n) is 4.92. The van der Waals surface area contributed by atoms with Crippen molar-refractivity contribution in [3.8, 4) is 11.5 Å². The van der Waals surface area contributed by atoms with Crippen LogP contribution in [0.15, 0.2) is 40.5 Å². The van der Waals surface area contributed by atoms with Gasteiger partial charge in [0.2, 0.25) is 5.95 Å². The van der Waals surface area contributed by atoms with Crippen LogP contribution >= 0.6 is 34.5 Å². The Kier molecular flexibility index (Phi) is 5.95. The van der Waals surface area contributed by atoms with E-state index in [1.165, 1.54) is 12.8 Å². The number of thiazole rings is 1. The summed E-state index contributed by atoms with van der Waals surface area (Å²) in [7, 11) is 1.83. The lowest BCUT2D eigenvalue weighted by atomic mass is 9.85. The van der Waals surface area contributed by atoms with E-state index in [0.717, 1.165) is 17.8 Å². The van der Waals surface area contributed by atoms with E-state index in [4.69, 9.17) is 38.9 Å². The van der Waals surface area contributed by atoms with E-state index >= 15 is 0 Å². The third-order valence-electron chi connectivity index (χ3n) is 6.81. The van der Waals surface area contributed by atoms with E-state index in [1.807, 2.05) is 18.5 Å². The second-order valence-corrected chi connectivity index (χ2v) is 10.8. The molecule has 3 heterocycles. The molecule has 1 aliphatic rings. The fraction of sp³-hybridized carbons (Fsp3) is 0.280. The lowest BCUT2D eigenvalue weighted by molar-refractivity contribution is 0.384. The van der Waals surface area contributed by atoms with Crippen LogP contribution in [0.4, 0.5) is 11.6 Å². The number of benzene rings is 2. The third kappa shape index (κ3) is 3.96. The van der Waals surface area contributed by atoms with E-state index in [-0.39, 0.29) is 17.5 Å². The zero-order chi connectivity index (χ0) is 25.0. The molecule has 2 atom stereocenters. The van der Waals surface area contributed by atoms with Gasteiger partial charge >= 0.3 is 0 Å². The average molecular weight is 540 g/mol. The van der Waals surface area contributed by atoms with Crippen molar-refractivity contribution >= 4 is 68.1 Å². The summed E-state index contributed by atoms with van der Waals surface area (Å²) in [5.41, 5.74) is 9.19. The van der Waals surface area contributed by atoms with Crippen LogP contribution in [-0.2, 0) is 7.05 Å². The number of nitrogens with two attached hydrogens (primary N) is 1. The van der Waals surface area contributed by atoms with Gasteiger partial charge in [-0.25, -0.2) is 15.0 Å². The summed E-state index contributed by atoms with van der Waals surface area (Å²) in [5, 5.41) is 7.55. The van der Waals surface area contributed by atoms with Crippen LogP contribution in [0.3, 0.4) is 0 Å². The molecular weight excluding hydrogens is 517 g/mol. The van der Waals surface area contributed by atoms with Gasteiger partial charge in [0.1, 0.15) is 5.69 Å². The molecule has 8 nitrogen and oxygen atoms in total. The molecule has 1 aliphatic carbocycles. The van der Waals surface area contributed by atoms with Crippen LogP contribution in [0.2, 0.25) is 10.0 Å². The number of hydrogen-bond donors (Lipinski definition) is 3. The number of aryl methyl sites for hydroxylation is 1. The molecule has 36 heavy (non-hydrogen) atoms. The molecule has 6 rings (SSSR count). The smallest absolute Gasteiger partial charge is 0.261 e. The SMILES string of the molecule is Cn1c(Nc2c(Cl)cccc2Cl)nc2ccc3nc(-c4csc([C@@H]5CCCC[C@H]5N)n4)[nH]c(=O)c3c21. The highest BCUT2D eigenvalue weighted by Gasteiger charge is 2.26. The lowest BCUT2D eigenvalue weighted by Crippen LogP contribution is -2.31. The predicted octanol–water partition coefficient (Wildman–Crippen LogP) is 5.97. The number of fused-ring (bicyclic) bond motifs is 3. The summed E-state index contributed by atoms with van der Waals surface area (Å²) in [4.78, 5) is 30.5. The van der Waals surface area contributed by atoms with Gasteiger partial charge in [-0.3, -0.25) is 4.79 Å². The highest BCUT2D eigenvalue weighted by molar-refractivity contribution is 7.10. The number of para-hydroxylation sites is 1. The average Bonchev–Trinajstić information content (AvgIpc) is 3.47. The molecule has 0 radical (unpaired) electrons. The Balaban J connectivity index is 1.41. The first kappa shape index (κ1) is 23.4. The van der Waals surface area contributed by atoms with E-state index < -0.39 is 0 Å². The van der Waals surface area contributed by atoms with Gasteiger partial charge < -0.3 is 20.6 Å². The van der Waals surface area contributed by atoms with E-state index in [9.17, 15) is 4.79 Å². The van der Waals surface area contributed by atoms with Crippen LogP contribution in [-0.4, -0.2) is 30.5 Å². The maximum Gasteiger partial charge on any atom is 0.261 e. The number of anilines is 2. The van der Waals surface area contributed by atoms with E-state index in [2.05, 4.69) is 15.3 Å². The fourth-order valence-corrected chi connectivity index (χ4v) is 6.43. The van der Waals surface area contributed by atoms with Gasteiger partial charge in [-0.15, -0.1) is 11.3 Å². The highest BCUT2D eigenvalue weighted by atomic mass is 35.5. The van der Waals surface area contributed by atoms with Gasteiger partial charge in [0.25, 0.3) is 5.56 Å². The van der Waals surface area contributed by atoms with E-state index in [1.54, 1.807) is 40.2 Å². The minimum atomic E-state index is -0.255. The van der Waals surface area contributed by atoms with Gasteiger partial charge in [0.05, 0.1) is 42.7 Å². The standard InChI is InChI=1S/C25H23Cl2N7OS/c1-34-21-17(31-25(34)32-20-13(26)6-4-7-14(20)27)10-9-16-19(21)23(35)33-22(29-16)18-11-36-24(30-18)12-5-2-3-8-15(12)28/h4,6-7,9-12,15H,2-3,5,8,28H2,1H3,(H,31,32)(H,29,33,35)/t12-,15-/m1/s1. The Bertz CT molecular complexity index is 1650. The van der Waals surface area contributed by atoms with Gasteiger partial charge in [-0.1, -0.05) is 42.1 Å². The van der Waals surface area contributed by atoms with Crippen LogP contribution in [0.25, 0.3) is 33.5 Å². The maximum absolute atomic E-state index is 13.3. The molecule has 3 aromatic heterocycles. The summed E-state index contributed by atoms with van der Waals surface area (Å²) in [6.07, 6.45) is 4.40. The number of rotatable bonds is 4. The first-order valence-electron chi connectivity index (χ1n) is 11.7. The molecule has 11 heteroatoms. The predicted molar refractivity (Wildman–Crippen MR) is 147 cm³/mol. The van der Waals surface area contributed by atoms with Gasteiger partial charge in [0.15, 0.2) is 5.82 Å². The summed E-state index contributed by atoms with van der Waals surface area (Å²) < 4.78 is 1.80. The van der Waals surface area contributed by atoms with Crippen LogP contribution in [0, 0.1) is 0 Å². The number of nitrogens with one attached hydrogen (secondary N) is 2. The molecule has 0 unspecified atom stereocenters. The largest absolute Gasteiger partial charge is 0.327 e. The number of hydrogen-bond acceptors (Lipinski definition) is 7. The Morgan fingerprint density at radius 1 is 1.08 bits per heavy atom. The molecule has 5 aromatic rings. The Morgan fingerprint density at radius 2 is 1.83 bits per heavy atom. The Labute approximate surface area is 220 Å². The molecule has 0 aliphatic heterocycles. The molecule has 1 saturated carbocycles. The van der Waals surface area contributed by atoms with Crippen molar-refractivity contribution in [2.45, 2.75) is 37.6 Å². The molecular formula is C25H23Cl2N7OS. The minimum absolute atomic E-state index is 0.128. The molecule has 0 spiro atoms. The second-order valence-electron chi connectivity index (χ2n) is 9.08. The number of imidazole rings is 1. The number of nitrogens with zero attached hydrogens (tertiary/aromatic N) is 4. The zero-order valence-corrected chi connectivity index (χ0v) is 21.7. The van der Waals surface area contributed by atoms with Gasteiger partial charge in [0, 0.05) is 24.4 Å². The molecule has 184 valence electrons. The Morgan fingerprint density at radius 3 is 2.61 bits per heavy atom. The Hall–Kier alpha value is -2.98. The second kappa shape index (κ2) is 9.15. The van der Waals surface area contributed by atoms with Crippen molar-refractivity contribution in [2.24, 2.45) is 12.8 Å². The number of aromatic amines is 1. The molecule has 2 aromatic carbocycles. The number of H-pyrrole nitrogens is 1. The quantitative estimate of drug-likeness (QED) is 0.259. The first-order valence-corrected chi connectivity index (χ1v) is 13.4. The molecule has 0 bridgehead atoms. The summed E-state index contributed by atoms with van der Waals surface area (Å²) in [6.45, 7) is 0. The highest BCUT2D eigenvalue weighted by Crippen LogP contribution is 2.36. The molecule has 4 N–H and O–H groups in total. The zero-order valence-electron chi connectivity index (χ0n) is 19.4. The molecule has 1 fully saturated rings. The van der Waals surface area contributed by atoms with Crippen LogP contribution in [0.1, 0.15) is 36.6 Å². The van der Waals surface area contributed by atoms with Gasteiger partial charge in [-0.2, -0.15) is 0 Å². The number of aromatic nitrogens is 5. The van der Waals surface area contributed by atoms with Crippen molar-refractivity contribution in [2.75, 3.05) is 5.32 Å². The number of halogens is 2. The van der Waals surface area contributed by atoms with Gasteiger partial charge in [-0.05, 0) is 37.1 Å². The van der Waals surface area contributed by atoms with Crippen LogP contribution < -0.4 is 16.6 Å². The van der Waals surface area contributed by atoms with Crippen molar-refractivity contribution < 1.29 is 0 Å².